The molecule has 8 nitrogen and oxygen atoms in total. The Morgan fingerprint density at radius 3 is 1.57 bits per heavy atom. The predicted octanol–water partition coefficient (Wildman–Crippen LogP) is 12.5. The van der Waals surface area contributed by atoms with Crippen molar-refractivity contribution in [3.05, 3.63) is 48.6 Å². The molecule has 3 unspecified atom stereocenters. The molecule has 0 heterocycles. The van der Waals surface area contributed by atoms with Gasteiger partial charge in [0.15, 0.2) is 0 Å². The van der Waals surface area contributed by atoms with Crippen molar-refractivity contribution in [3.63, 3.8) is 0 Å². The van der Waals surface area contributed by atoms with Crippen molar-refractivity contribution in [2.24, 2.45) is 5.73 Å². The zero-order chi connectivity index (χ0) is 39.6. The second-order valence-electron chi connectivity index (χ2n) is 14.9. The average molecular weight is 781 g/mol. The van der Waals surface area contributed by atoms with Gasteiger partial charge in [-0.25, -0.2) is 4.57 Å². The molecule has 316 valence electrons. The van der Waals surface area contributed by atoms with Crippen molar-refractivity contribution in [2.45, 2.75) is 212 Å². The minimum atomic E-state index is -4.35. The molecule has 1 amide bonds. The molecule has 3 atom stereocenters. The molecule has 0 spiro atoms. The molecule has 54 heavy (non-hydrogen) atoms. The van der Waals surface area contributed by atoms with Crippen LogP contribution in [-0.4, -0.2) is 47.8 Å². The lowest BCUT2D eigenvalue weighted by molar-refractivity contribution is -0.123. The third-order valence-electron chi connectivity index (χ3n) is 9.63. The van der Waals surface area contributed by atoms with E-state index in [0.717, 1.165) is 57.8 Å². The molecule has 0 rings (SSSR count). The summed E-state index contributed by atoms with van der Waals surface area (Å²) in [6.45, 7) is 4.08. The number of carbonyl (C=O) groups excluding carboxylic acids is 1. The number of phosphoric ester groups is 1. The summed E-state index contributed by atoms with van der Waals surface area (Å²) in [4.78, 5) is 22.7. The lowest BCUT2D eigenvalue weighted by Gasteiger charge is -2.23. The Kier molecular flexibility index (Phi) is 39.9. The Bertz CT molecular complexity index is 985. The van der Waals surface area contributed by atoms with Gasteiger partial charge in [0.1, 0.15) is 0 Å². The maximum atomic E-state index is 12.8. The van der Waals surface area contributed by atoms with Crippen LogP contribution in [0.2, 0.25) is 0 Å². The van der Waals surface area contributed by atoms with Crippen LogP contribution in [0.1, 0.15) is 200 Å². The molecule has 0 aliphatic rings. The third-order valence-corrected chi connectivity index (χ3v) is 10.6. The summed E-state index contributed by atoms with van der Waals surface area (Å²) >= 11 is 0. The van der Waals surface area contributed by atoms with Crippen molar-refractivity contribution in [3.8, 4) is 0 Å². The molecule has 0 fully saturated rings. The molecule has 0 aromatic rings. The average Bonchev–Trinajstić information content (AvgIpc) is 3.16. The number of aliphatic hydroxyl groups is 1. The predicted molar refractivity (Wildman–Crippen MR) is 231 cm³/mol. The quantitative estimate of drug-likeness (QED) is 0.0276. The zero-order valence-electron chi connectivity index (χ0n) is 35.0. The highest BCUT2D eigenvalue weighted by Crippen LogP contribution is 2.43. The molecule has 0 aromatic heterocycles. The highest BCUT2D eigenvalue weighted by molar-refractivity contribution is 7.47. The van der Waals surface area contributed by atoms with Crippen LogP contribution in [0.25, 0.3) is 0 Å². The second kappa shape index (κ2) is 41.1. The van der Waals surface area contributed by atoms with Crippen LogP contribution in [0, 0.1) is 0 Å². The molecular weight excluding hydrogens is 695 g/mol. The molecule has 0 saturated heterocycles. The van der Waals surface area contributed by atoms with E-state index in [2.05, 4.69) is 55.6 Å². The summed E-state index contributed by atoms with van der Waals surface area (Å²) in [5.41, 5.74) is 5.37. The maximum Gasteiger partial charge on any atom is 0.472 e. The molecular formula is C45H85N2O6P. The number of phosphoric acid groups is 1. The number of nitrogens with one attached hydrogen (secondary N) is 1. The van der Waals surface area contributed by atoms with Crippen molar-refractivity contribution < 1.29 is 28.4 Å². The van der Waals surface area contributed by atoms with E-state index in [9.17, 15) is 19.4 Å². The number of amides is 1. The molecule has 0 aliphatic heterocycles. The third kappa shape index (κ3) is 38.7. The van der Waals surface area contributed by atoms with Crippen molar-refractivity contribution in [2.75, 3.05) is 19.8 Å². The second-order valence-corrected chi connectivity index (χ2v) is 16.3. The molecule has 0 saturated carbocycles. The standard InChI is InChI=1S/C45H85N2O6P/c1-3-5-7-9-11-13-15-17-19-21-23-24-26-28-30-32-34-36-38-44(48)43(42-53-54(50,51)52-41-40-46)47-45(49)39-37-35-33-31-29-27-25-22-20-18-16-14-12-10-8-6-4-2/h12,14,18,20,28,30,36,38,43-44,48H,3-11,13,15-17,19,21-27,29,31-35,37,39-42,46H2,1-2H3,(H,47,49)(H,50,51)/b14-12-,20-18-,30-28+,38-36+. The number of carbonyl (C=O) groups is 1. The summed E-state index contributed by atoms with van der Waals surface area (Å²) in [5.74, 6) is -0.213. The lowest BCUT2D eigenvalue weighted by atomic mass is 10.0. The first kappa shape index (κ1) is 52.5. The molecule has 9 heteroatoms. The molecule has 0 radical (unpaired) electrons. The van der Waals surface area contributed by atoms with Crippen LogP contribution < -0.4 is 11.1 Å². The van der Waals surface area contributed by atoms with E-state index in [1.54, 1.807) is 6.08 Å². The van der Waals surface area contributed by atoms with E-state index >= 15 is 0 Å². The van der Waals surface area contributed by atoms with Crippen LogP contribution in [0.15, 0.2) is 48.6 Å². The van der Waals surface area contributed by atoms with E-state index in [1.165, 1.54) is 122 Å². The van der Waals surface area contributed by atoms with Crippen LogP contribution >= 0.6 is 7.82 Å². The molecule has 0 aliphatic carbocycles. The van der Waals surface area contributed by atoms with E-state index in [4.69, 9.17) is 14.8 Å². The Balaban J connectivity index is 4.27. The first-order chi connectivity index (χ1) is 26.4. The summed E-state index contributed by atoms with van der Waals surface area (Å²) in [5, 5.41) is 13.7. The number of rotatable bonds is 41. The van der Waals surface area contributed by atoms with E-state index in [-0.39, 0.29) is 25.7 Å². The topological polar surface area (TPSA) is 131 Å². The minimum absolute atomic E-state index is 0.0714. The summed E-state index contributed by atoms with van der Waals surface area (Å²) in [6.07, 6.45) is 50.2. The normalized spacial score (nSPS) is 14.5. The van der Waals surface area contributed by atoms with Gasteiger partial charge in [-0.2, -0.15) is 0 Å². The zero-order valence-corrected chi connectivity index (χ0v) is 35.8. The first-order valence-corrected chi connectivity index (χ1v) is 23.8. The molecule has 0 aromatic carbocycles. The Morgan fingerprint density at radius 2 is 1.04 bits per heavy atom. The monoisotopic (exact) mass is 781 g/mol. The Morgan fingerprint density at radius 1 is 0.611 bits per heavy atom. The number of allylic oxidation sites excluding steroid dienone is 7. The van der Waals surface area contributed by atoms with Gasteiger partial charge in [-0.05, 0) is 64.2 Å². The van der Waals surface area contributed by atoms with Gasteiger partial charge in [-0.3, -0.25) is 13.8 Å². The van der Waals surface area contributed by atoms with Gasteiger partial charge in [0.25, 0.3) is 0 Å². The fourth-order valence-electron chi connectivity index (χ4n) is 6.24. The fourth-order valence-corrected chi connectivity index (χ4v) is 7.00. The van der Waals surface area contributed by atoms with Gasteiger partial charge in [0.2, 0.25) is 5.91 Å². The van der Waals surface area contributed by atoms with Crippen LogP contribution in [0.4, 0.5) is 0 Å². The molecule has 0 bridgehead atoms. The maximum absolute atomic E-state index is 12.8. The first-order valence-electron chi connectivity index (χ1n) is 22.3. The fraction of sp³-hybridized carbons (Fsp3) is 0.800. The largest absolute Gasteiger partial charge is 0.472 e. The SMILES string of the molecule is CCCCC/C=C\C/C=C\CCCCCCCCCC(=O)NC(COP(=O)(O)OCCN)C(O)/C=C/CC/C=C/CCCCCCCCCCCCCC. The highest BCUT2D eigenvalue weighted by atomic mass is 31.2. The highest BCUT2D eigenvalue weighted by Gasteiger charge is 2.26. The van der Waals surface area contributed by atoms with E-state index in [0.29, 0.717) is 6.42 Å². The van der Waals surface area contributed by atoms with Gasteiger partial charge in [-0.1, -0.05) is 178 Å². The van der Waals surface area contributed by atoms with Gasteiger partial charge in [0.05, 0.1) is 25.4 Å². The number of hydrogen-bond donors (Lipinski definition) is 4. The number of hydrogen-bond acceptors (Lipinski definition) is 6. The Hall–Kier alpha value is -1.54. The van der Waals surface area contributed by atoms with Crippen molar-refractivity contribution >= 4 is 13.7 Å². The smallest absolute Gasteiger partial charge is 0.387 e. The lowest BCUT2D eigenvalue weighted by Crippen LogP contribution is -2.45. The van der Waals surface area contributed by atoms with Crippen LogP contribution in [-0.2, 0) is 18.4 Å². The summed E-state index contributed by atoms with van der Waals surface area (Å²) in [7, 11) is -4.35. The summed E-state index contributed by atoms with van der Waals surface area (Å²) < 4.78 is 22.1. The minimum Gasteiger partial charge on any atom is -0.387 e. The number of unbranched alkanes of at least 4 members (excludes halogenated alkanes) is 23. The Labute approximate surface area is 332 Å². The molecule has 5 N–H and O–H groups in total. The van der Waals surface area contributed by atoms with Gasteiger partial charge >= 0.3 is 7.82 Å². The van der Waals surface area contributed by atoms with Gasteiger partial charge in [0, 0.05) is 13.0 Å². The number of nitrogens with two attached hydrogens (primary N) is 1. The number of aliphatic hydroxyl groups excluding tert-OH is 1. The van der Waals surface area contributed by atoms with Crippen molar-refractivity contribution in [1.29, 1.82) is 0 Å². The summed E-state index contributed by atoms with van der Waals surface area (Å²) in [6, 6.07) is -0.882. The van der Waals surface area contributed by atoms with Gasteiger partial charge < -0.3 is 21.1 Å². The van der Waals surface area contributed by atoms with E-state index in [1.807, 2.05) is 6.08 Å². The van der Waals surface area contributed by atoms with E-state index < -0.39 is 20.0 Å². The van der Waals surface area contributed by atoms with Gasteiger partial charge in [-0.15, -0.1) is 0 Å². The van der Waals surface area contributed by atoms with Crippen molar-refractivity contribution in [1.82, 2.24) is 5.32 Å². The van der Waals surface area contributed by atoms with Crippen LogP contribution in [0.5, 0.6) is 0 Å². The van der Waals surface area contributed by atoms with Crippen LogP contribution in [0.3, 0.4) is 0 Å².